The van der Waals surface area contributed by atoms with E-state index in [1.807, 2.05) is 13.3 Å². The SMILES string of the molecule is Cc1ccc2c(c1)CCc1c(C(C)N)ncn1-2. The molecule has 0 aliphatic carbocycles. The zero-order chi connectivity index (χ0) is 12.0. The van der Waals surface area contributed by atoms with Crippen molar-refractivity contribution < 1.29 is 0 Å². The minimum Gasteiger partial charge on any atom is -0.323 e. The van der Waals surface area contributed by atoms with E-state index in [4.69, 9.17) is 5.73 Å². The third-order valence-electron chi connectivity index (χ3n) is 3.46. The molecule has 2 aromatic rings. The molecule has 0 radical (unpaired) electrons. The van der Waals surface area contributed by atoms with Gasteiger partial charge in [0, 0.05) is 17.4 Å². The molecule has 88 valence electrons. The van der Waals surface area contributed by atoms with Crippen molar-refractivity contribution in [1.29, 1.82) is 0 Å². The fourth-order valence-corrected chi connectivity index (χ4v) is 2.63. The Balaban J connectivity index is 2.18. The number of hydrogen-bond acceptors (Lipinski definition) is 2. The molecule has 2 N–H and O–H groups in total. The Morgan fingerprint density at radius 1 is 1.35 bits per heavy atom. The van der Waals surface area contributed by atoms with Gasteiger partial charge in [0.25, 0.3) is 0 Å². The maximum atomic E-state index is 5.95. The molecule has 0 amide bonds. The smallest absolute Gasteiger partial charge is 0.0998 e. The topological polar surface area (TPSA) is 43.8 Å². The molecule has 1 aromatic carbocycles. The van der Waals surface area contributed by atoms with Gasteiger partial charge in [0.15, 0.2) is 0 Å². The first-order chi connectivity index (χ1) is 8.16. The first kappa shape index (κ1) is 10.5. The summed E-state index contributed by atoms with van der Waals surface area (Å²) in [5.41, 5.74) is 12.3. The quantitative estimate of drug-likeness (QED) is 0.812. The molecule has 0 fully saturated rings. The molecular weight excluding hydrogens is 210 g/mol. The van der Waals surface area contributed by atoms with E-state index in [0.717, 1.165) is 18.5 Å². The van der Waals surface area contributed by atoms with Crippen LogP contribution >= 0.6 is 0 Å². The lowest BCUT2D eigenvalue weighted by molar-refractivity contribution is 0.738. The minimum absolute atomic E-state index is 0.0123. The predicted molar refractivity (Wildman–Crippen MR) is 68.3 cm³/mol. The summed E-state index contributed by atoms with van der Waals surface area (Å²) in [6, 6.07) is 6.61. The molecule has 1 aliphatic rings. The number of benzene rings is 1. The molecule has 1 atom stereocenters. The molecule has 2 heterocycles. The molecule has 1 unspecified atom stereocenters. The number of aryl methyl sites for hydroxylation is 2. The fraction of sp³-hybridized carbons (Fsp3) is 0.357. The van der Waals surface area contributed by atoms with E-state index in [9.17, 15) is 0 Å². The Bertz CT molecular complexity index is 567. The van der Waals surface area contributed by atoms with Gasteiger partial charge in [0.1, 0.15) is 0 Å². The van der Waals surface area contributed by atoms with Gasteiger partial charge in [0.2, 0.25) is 0 Å². The molecular formula is C14H17N3. The summed E-state index contributed by atoms with van der Waals surface area (Å²) in [4.78, 5) is 4.46. The van der Waals surface area contributed by atoms with Crippen molar-refractivity contribution in [3.63, 3.8) is 0 Å². The predicted octanol–water partition coefficient (Wildman–Crippen LogP) is 2.30. The number of nitrogens with zero attached hydrogens (tertiary/aromatic N) is 2. The van der Waals surface area contributed by atoms with Gasteiger partial charge in [-0.2, -0.15) is 0 Å². The number of rotatable bonds is 1. The highest BCUT2D eigenvalue weighted by Gasteiger charge is 2.21. The van der Waals surface area contributed by atoms with Crippen LogP contribution in [0.2, 0.25) is 0 Å². The maximum Gasteiger partial charge on any atom is 0.0998 e. The van der Waals surface area contributed by atoms with E-state index in [2.05, 4.69) is 34.7 Å². The Hall–Kier alpha value is -1.61. The second-order valence-corrected chi connectivity index (χ2v) is 4.87. The zero-order valence-electron chi connectivity index (χ0n) is 10.3. The van der Waals surface area contributed by atoms with Crippen molar-refractivity contribution in [2.24, 2.45) is 5.73 Å². The van der Waals surface area contributed by atoms with Gasteiger partial charge in [-0.05, 0) is 38.3 Å². The molecule has 0 spiro atoms. The van der Waals surface area contributed by atoms with Crippen LogP contribution in [0.3, 0.4) is 0 Å². The molecule has 0 bridgehead atoms. The monoisotopic (exact) mass is 227 g/mol. The Morgan fingerprint density at radius 3 is 2.94 bits per heavy atom. The average Bonchev–Trinajstić information content (AvgIpc) is 2.72. The van der Waals surface area contributed by atoms with Gasteiger partial charge in [0.05, 0.1) is 12.0 Å². The van der Waals surface area contributed by atoms with E-state index < -0.39 is 0 Å². The van der Waals surface area contributed by atoms with Crippen LogP contribution in [0.25, 0.3) is 5.69 Å². The van der Waals surface area contributed by atoms with Gasteiger partial charge in [-0.3, -0.25) is 0 Å². The Labute approximate surface area is 101 Å². The lowest BCUT2D eigenvalue weighted by Gasteiger charge is -2.20. The standard InChI is InChI=1S/C14H17N3/c1-9-3-5-12-11(7-9)4-6-13-14(10(2)15)16-8-17(12)13/h3,5,7-8,10H,4,6,15H2,1-2H3. The van der Waals surface area contributed by atoms with E-state index in [1.165, 1.54) is 22.5 Å². The first-order valence-corrected chi connectivity index (χ1v) is 6.08. The second kappa shape index (κ2) is 3.70. The Kier molecular flexibility index (Phi) is 2.30. The fourth-order valence-electron chi connectivity index (χ4n) is 2.63. The number of hydrogen-bond donors (Lipinski definition) is 1. The highest BCUT2D eigenvalue weighted by molar-refractivity contribution is 5.48. The molecule has 3 heteroatoms. The lowest BCUT2D eigenvalue weighted by Crippen LogP contribution is -2.15. The van der Waals surface area contributed by atoms with Crippen LogP contribution in [0.5, 0.6) is 0 Å². The summed E-state index contributed by atoms with van der Waals surface area (Å²) in [5.74, 6) is 0. The molecule has 3 nitrogen and oxygen atoms in total. The van der Waals surface area contributed by atoms with Crippen LogP contribution in [0.1, 0.15) is 35.5 Å². The average molecular weight is 227 g/mol. The third kappa shape index (κ3) is 1.58. The molecule has 1 aliphatic heterocycles. The minimum atomic E-state index is 0.0123. The highest BCUT2D eigenvalue weighted by atomic mass is 15.1. The van der Waals surface area contributed by atoms with E-state index in [1.54, 1.807) is 0 Å². The summed E-state index contributed by atoms with van der Waals surface area (Å²) in [5, 5.41) is 0. The van der Waals surface area contributed by atoms with E-state index >= 15 is 0 Å². The van der Waals surface area contributed by atoms with Crippen molar-refractivity contribution in [2.75, 3.05) is 0 Å². The number of imidazole rings is 1. The van der Waals surface area contributed by atoms with Gasteiger partial charge in [-0.25, -0.2) is 4.98 Å². The first-order valence-electron chi connectivity index (χ1n) is 6.08. The van der Waals surface area contributed by atoms with Gasteiger partial charge in [-0.1, -0.05) is 17.7 Å². The summed E-state index contributed by atoms with van der Waals surface area (Å²) < 4.78 is 2.19. The van der Waals surface area contributed by atoms with Crippen LogP contribution < -0.4 is 5.73 Å². The summed E-state index contributed by atoms with van der Waals surface area (Å²) in [6.07, 6.45) is 4.02. The Morgan fingerprint density at radius 2 is 2.18 bits per heavy atom. The normalized spacial score (nSPS) is 15.2. The number of fused-ring (bicyclic) bond motifs is 3. The van der Waals surface area contributed by atoms with Gasteiger partial charge < -0.3 is 10.3 Å². The van der Waals surface area contributed by atoms with Crippen LogP contribution in [0.15, 0.2) is 24.5 Å². The van der Waals surface area contributed by atoms with Crippen LogP contribution in [0, 0.1) is 6.92 Å². The van der Waals surface area contributed by atoms with Crippen LogP contribution in [-0.2, 0) is 12.8 Å². The second-order valence-electron chi connectivity index (χ2n) is 4.87. The zero-order valence-corrected chi connectivity index (χ0v) is 10.3. The molecule has 3 rings (SSSR count). The van der Waals surface area contributed by atoms with Crippen molar-refractivity contribution in [2.45, 2.75) is 32.7 Å². The number of nitrogens with two attached hydrogens (primary N) is 1. The maximum absolute atomic E-state index is 5.95. The largest absolute Gasteiger partial charge is 0.323 e. The summed E-state index contributed by atoms with van der Waals surface area (Å²) in [7, 11) is 0. The van der Waals surface area contributed by atoms with Crippen molar-refractivity contribution in [3.05, 3.63) is 47.0 Å². The van der Waals surface area contributed by atoms with Crippen molar-refractivity contribution in [1.82, 2.24) is 9.55 Å². The van der Waals surface area contributed by atoms with Gasteiger partial charge >= 0.3 is 0 Å². The highest BCUT2D eigenvalue weighted by Crippen LogP contribution is 2.28. The third-order valence-corrected chi connectivity index (χ3v) is 3.46. The molecule has 1 aromatic heterocycles. The van der Waals surface area contributed by atoms with Crippen molar-refractivity contribution in [3.8, 4) is 5.69 Å². The summed E-state index contributed by atoms with van der Waals surface area (Å²) in [6.45, 7) is 4.13. The van der Waals surface area contributed by atoms with Gasteiger partial charge in [-0.15, -0.1) is 0 Å². The lowest BCUT2D eigenvalue weighted by atomic mass is 9.98. The molecule has 0 saturated carbocycles. The summed E-state index contributed by atoms with van der Waals surface area (Å²) >= 11 is 0. The van der Waals surface area contributed by atoms with Crippen LogP contribution in [0.4, 0.5) is 0 Å². The van der Waals surface area contributed by atoms with Crippen LogP contribution in [-0.4, -0.2) is 9.55 Å². The number of aromatic nitrogens is 2. The molecule has 0 saturated heterocycles. The van der Waals surface area contributed by atoms with E-state index in [-0.39, 0.29) is 6.04 Å². The molecule has 17 heavy (non-hydrogen) atoms. The van der Waals surface area contributed by atoms with Crippen molar-refractivity contribution >= 4 is 0 Å². The van der Waals surface area contributed by atoms with E-state index in [0.29, 0.717) is 0 Å².